The molecule has 1 atom stereocenters. The molecule has 0 aromatic heterocycles. The minimum absolute atomic E-state index is 0.588. The fourth-order valence-electron chi connectivity index (χ4n) is 1.57. The Bertz CT molecular complexity index is 491. The van der Waals surface area contributed by atoms with E-state index in [-0.39, 0.29) is 0 Å². The Balaban J connectivity index is 2.15. The quantitative estimate of drug-likeness (QED) is 0.790. The number of rotatable bonds is 3. The predicted molar refractivity (Wildman–Crippen MR) is 67.7 cm³/mol. The monoisotopic (exact) mass is 230 g/mol. The minimum atomic E-state index is -0.945. The lowest BCUT2D eigenvalue weighted by atomic mass is 10.2. The fraction of sp³-hybridized carbons (Fsp3) is 0.143. The summed E-state index contributed by atoms with van der Waals surface area (Å²) in [5, 5.41) is 0. The molecular weight excluding hydrogens is 216 g/mol. The Labute approximate surface area is 98.6 Å². The average molecular weight is 230 g/mol. The van der Waals surface area contributed by atoms with Crippen LogP contribution in [0.4, 0.5) is 0 Å². The SMILES string of the molecule is Cc1cccc([S@](=O)Cc2ccccc2)c1. The van der Waals surface area contributed by atoms with Gasteiger partial charge in [0.2, 0.25) is 0 Å². The molecule has 1 nitrogen and oxygen atoms in total. The minimum Gasteiger partial charge on any atom is -0.254 e. The van der Waals surface area contributed by atoms with Crippen LogP contribution in [-0.2, 0) is 16.6 Å². The Morgan fingerprint density at radius 3 is 2.44 bits per heavy atom. The van der Waals surface area contributed by atoms with E-state index >= 15 is 0 Å². The largest absolute Gasteiger partial charge is 0.254 e. The van der Waals surface area contributed by atoms with Gasteiger partial charge < -0.3 is 0 Å². The number of benzene rings is 2. The van der Waals surface area contributed by atoms with Crippen molar-refractivity contribution < 1.29 is 4.21 Å². The van der Waals surface area contributed by atoms with Crippen LogP contribution in [0.2, 0.25) is 0 Å². The predicted octanol–water partition coefficient (Wildman–Crippen LogP) is 3.30. The average Bonchev–Trinajstić information content (AvgIpc) is 2.30. The second-order valence-electron chi connectivity index (χ2n) is 3.79. The summed E-state index contributed by atoms with van der Waals surface area (Å²) in [5.74, 6) is 0.588. The zero-order chi connectivity index (χ0) is 11.4. The molecular formula is C14H14OS. The van der Waals surface area contributed by atoms with Crippen molar-refractivity contribution in [3.8, 4) is 0 Å². The molecule has 0 saturated carbocycles. The van der Waals surface area contributed by atoms with Gasteiger partial charge in [0.15, 0.2) is 0 Å². The van der Waals surface area contributed by atoms with Crippen molar-refractivity contribution in [2.75, 3.05) is 0 Å². The zero-order valence-corrected chi connectivity index (χ0v) is 10.0. The molecule has 2 rings (SSSR count). The lowest BCUT2D eigenvalue weighted by Crippen LogP contribution is -1.96. The van der Waals surface area contributed by atoms with E-state index in [0.717, 1.165) is 16.0 Å². The first-order valence-corrected chi connectivity index (χ1v) is 6.56. The van der Waals surface area contributed by atoms with Crippen LogP contribution >= 0.6 is 0 Å². The van der Waals surface area contributed by atoms with Gasteiger partial charge in [-0.15, -0.1) is 0 Å². The first kappa shape index (κ1) is 11.1. The van der Waals surface area contributed by atoms with Gasteiger partial charge in [0, 0.05) is 4.90 Å². The molecule has 2 aromatic carbocycles. The first-order chi connectivity index (χ1) is 7.75. The highest BCUT2D eigenvalue weighted by atomic mass is 32.2. The zero-order valence-electron chi connectivity index (χ0n) is 9.22. The normalized spacial score (nSPS) is 12.3. The lowest BCUT2D eigenvalue weighted by Gasteiger charge is -2.03. The standard InChI is InChI=1S/C14H14OS/c1-12-6-5-9-14(10-12)16(15)11-13-7-3-2-4-8-13/h2-10H,11H2,1H3/t16-/m1/s1. The third-order valence-electron chi connectivity index (χ3n) is 2.39. The van der Waals surface area contributed by atoms with Crippen LogP contribution in [0, 0.1) is 6.92 Å². The van der Waals surface area contributed by atoms with Gasteiger partial charge in [0.05, 0.1) is 16.6 Å². The van der Waals surface area contributed by atoms with Crippen molar-refractivity contribution >= 4 is 10.8 Å². The Morgan fingerprint density at radius 2 is 1.75 bits per heavy atom. The van der Waals surface area contributed by atoms with Crippen molar-refractivity contribution in [1.82, 2.24) is 0 Å². The molecule has 0 bridgehead atoms. The maximum absolute atomic E-state index is 12.1. The summed E-state index contributed by atoms with van der Waals surface area (Å²) < 4.78 is 12.1. The van der Waals surface area contributed by atoms with Gasteiger partial charge >= 0.3 is 0 Å². The van der Waals surface area contributed by atoms with Crippen molar-refractivity contribution in [1.29, 1.82) is 0 Å². The molecule has 0 heterocycles. The summed E-state index contributed by atoms with van der Waals surface area (Å²) in [5.41, 5.74) is 2.27. The van der Waals surface area contributed by atoms with E-state index < -0.39 is 10.8 Å². The van der Waals surface area contributed by atoms with Crippen LogP contribution in [0.15, 0.2) is 59.5 Å². The van der Waals surface area contributed by atoms with E-state index in [2.05, 4.69) is 0 Å². The van der Waals surface area contributed by atoms with Gasteiger partial charge in [0.1, 0.15) is 0 Å². The molecule has 0 aliphatic heterocycles. The highest BCUT2D eigenvalue weighted by Gasteiger charge is 2.04. The molecule has 82 valence electrons. The van der Waals surface area contributed by atoms with Gasteiger partial charge in [-0.2, -0.15) is 0 Å². The fourth-order valence-corrected chi connectivity index (χ4v) is 2.78. The molecule has 16 heavy (non-hydrogen) atoms. The molecule has 0 aliphatic rings. The van der Waals surface area contributed by atoms with Crippen molar-refractivity contribution in [2.24, 2.45) is 0 Å². The van der Waals surface area contributed by atoms with Crippen molar-refractivity contribution in [2.45, 2.75) is 17.6 Å². The molecule has 0 radical (unpaired) electrons. The topological polar surface area (TPSA) is 17.1 Å². The van der Waals surface area contributed by atoms with Crippen LogP contribution in [-0.4, -0.2) is 4.21 Å². The van der Waals surface area contributed by atoms with Crippen LogP contribution in [0.3, 0.4) is 0 Å². The van der Waals surface area contributed by atoms with E-state index in [0.29, 0.717) is 5.75 Å². The van der Waals surface area contributed by atoms with Crippen molar-refractivity contribution in [3.05, 3.63) is 65.7 Å². The smallest absolute Gasteiger partial charge is 0.0574 e. The van der Waals surface area contributed by atoms with Crippen LogP contribution in [0.5, 0.6) is 0 Å². The van der Waals surface area contributed by atoms with E-state index in [1.54, 1.807) is 0 Å². The molecule has 0 spiro atoms. The summed E-state index contributed by atoms with van der Waals surface area (Å²) in [4.78, 5) is 0.906. The molecule has 0 saturated heterocycles. The summed E-state index contributed by atoms with van der Waals surface area (Å²) in [6.45, 7) is 2.02. The molecule has 0 fully saturated rings. The lowest BCUT2D eigenvalue weighted by molar-refractivity contribution is 0.682. The van der Waals surface area contributed by atoms with Crippen LogP contribution < -0.4 is 0 Å². The summed E-state index contributed by atoms with van der Waals surface area (Å²) in [6, 6.07) is 17.8. The van der Waals surface area contributed by atoms with Crippen molar-refractivity contribution in [3.63, 3.8) is 0 Å². The molecule has 2 heteroatoms. The highest BCUT2D eigenvalue weighted by Crippen LogP contribution is 2.13. The van der Waals surface area contributed by atoms with E-state index in [9.17, 15) is 4.21 Å². The highest BCUT2D eigenvalue weighted by molar-refractivity contribution is 7.84. The van der Waals surface area contributed by atoms with E-state index in [1.165, 1.54) is 0 Å². The Hall–Kier alpha value is -1.41. The third kappa shape index (κ3) is 2.80. The van der Waals surface area contributed by atoms with Crippen LogP contribution in [0.25, 0.3) is 0 Å². The first-order valence-electron chi connectivity index (χ1n) is 5.25. The third-order valence-corrected chi connectivity index (χ3v) is 3.77. The maximum atomic E-state index is 12.1. The summed E-state index contributed by atoms with van der Waals surface area (Å²) in [7, 11) is -0.945. The maximum Gasteiger partial charge on any atom is 0.0574 e. The molecule has 2 aromatic rings. The van der Waals surface area contributed by atoms with E-state index in [4.69, 9.17) is 0 Å². The van der Waals surface area contributed by atoms with Crippen LogP contribution in [0.1, 0.15) is 11.1 Å². The molecule has 0 unspecified atom stereocenters. The summed E-state index contributed by atoms with van der Waals surface area (Å²) >= 11 is 0. The second-order valence-corrected chi connectivity index (χ2v) is 5.24. The molecule has 0 aliphatic carbocycles. The van der Waals surface area contributed by atoms with E-state index in [1.807, 2.05) is 61.5 Å². The molecule has 0 amide bonds. The van der Waals surface area contributed by atoms with Gasteiger partial charge in [-0.3, -0.25) is 4.21 Å². The number of aryl methyl sites for hydroxylation is 1. The second kappa shape index (κ2) is 5.08. The Morgan fingerprint density at radius 1 is 1.00 bits per heavy atom. The van der Waals surface area contributed by atoms with Gasteiger partial charge in [0.25, 0.3) is 0 Å². The van der Waals surface area contributed by atoms with Gasteiger partial charge in [-0.25, -0.2) is 0 Å². The van der Waals surface area contributed by atoms with Gasteiger partial charge in [-0.1, -0.05) is 42.5 Å². The number of hydrogen-bond acceptors (Lipinski definition) is 1. The molecule has 0 N–H and O–H groups in total. The van der Waals surface area contributed by atoms with Gasteiger partial charge in [-0.05, 0) is 30.2 Å². The number of hydrogen-bond donors (Lipinski definition) is 0. The summed E-state index contributed by atoms with van der Waals surface area (Å²) in [6.07, 6.45) is 0. The Kier molecular flexibility index (Phi) is 3.52.